The maximum absolute atomic E-state index is 2.53. The SMILES string of the molecule is c1cc(N(c2ccc(C3CCCCC3)cc2)c2ccc(C3(c4ccc(N(c5ccc(C6CCCCCCC6)cc5)c5ccc(C6CCCCC6)cc5)cc4)CCCCC3)cc2)ccc1C1CCCCCCC1. The van der Waals surface area contributed by atoms with E-state index in [4.69, 9.17) is 0 Å². The van der Waals surface area contributed by atoms with E-state index in [1.54, 1.807) is 0 Å². The lowest BCUT2D eigenvalue weighted by molar-refractivity contribution is 0.346. The van der Waals surface area contributed by atoms with Crippen molar-refractivity contribution in [2.24, 2.45) is 0 Å². The Bertz CT molecular complexity index is 2360. The van der Waals surface area contributed by atoms with Gasteiger partial charge in [-0.2, -0.15) is 0 Å². The van der Waals surface area contributed by atoms with E-state index in [0.717, 1.165) is 0 Å². The van der Waals surface area contributed by atoms with E-state index < -0.39 is 0 Å². The topological polar surface area (TPSA) is 6.48 Å². The van der Waals surface area contributed by atoms with Gasteiger partial charge >= 0.3 is 0 Å². The highest BCUT2D eigenvalue weighted by Gasteiger charge is 2.36. The molecule has 0 radical (unpaired) electrons. The predicted molar refractivity (Wildman–Crippen MR) is 308 cm³/mol. The van der Waals surface area contributed by atoms with Crippen LogP contribution in [0.5, 0.6) is 0 Å². The first-order valence-corrected chi connectivity index (χ1v) is 29.9. The van der Waals surface area contributed by atoms with Crippen LogP contribution in [0.1, 0.15) is 243 Å². The maximum Gasteiger partial charge on any atom is 0.0461 e. The second-order valence-electron chi connectivity index (χ2n) is 23.5. The molecule has 0 unspecified atom stereocenters. The monoisotopic (exact) mass is 955 g/mol. The average Bonchev–Trinajstić information content (AvgIpc) is 3.43. The third kappa shape index (κ3) is 11.3. The van der Waals surface area contributed by atoms with Crippen molar-refractivity contribution in [3.8, 4) is 0 Å². The van der Waals surface area contributed by atoms with Crippen molar-refractivity contribution in [1.29, 1.82) is 0 Å². The summed E-state index contributed by atoms with van der Waals surface area (Å²) in [5.41, 5.74) is 16.5. The molecule has 0 heterocycles. The van der Waals surface area contributed by atoms with E-state index in [-0.39, 0.29) is 5.41 Å². The highest BCUT2D eigenvalue weighted by atomic mass is 15.1. The summed E-state index contributed by atoms with van der Waals surface area (Å²) in [7, 11) is 0. The molecule has 5 fully saturated rings. The highest BCUT2D eigenvalue weighted by Crippen LogP contribution is 2.48. The Hall–Kier alpha value is -5.08. The second kappa shape index (κ2) is 23.9. The van der Waals surface area contributed by atoms with Crippen molar-refractivity contribution in [3.05, 3.63) is 179 Å². The van der Waals surface area contributed by atoms with Crippen LogP contribution in [0, 0.1) is 0 Å². The summed E-state index contributed by atoms with van der Waals surface area (Å²) in [6.07, 6.45) is 39.0. The van der Waals surface area contributed by atoms with Gasteiger partial charge in [-0.3, -0.25) is 0 Å². The third-order valence-corrected chi connectivity index (χ3v) is 19.0. The Kier molecular flexibility index (Phi) is 16.3. The van der Waals surface area contributed by atoms with Crippen LogP contribution in [-0.4, -0.2) is 0 Å². The van der Waals surface area contributed by atoms with Crippen LogP contribution in [0.3, 0.4) is 0 Å². The molecule has 2 nitrogen and oxygen atoms in total. The summed E-state index contributed by atoms with van der Waals surface area (Å²) in [5, 5.41) is 0. The lowest BCUT2D eigenvalue weighted by Gasteiger charge is -2.39. The molecule has 0 aliphatic heterocycles. The number of hydrogen-bond donors (Lipinski definition) is 0. The van der Waals surface area contributed by atoms with Crippen LogP contribution < -0.4 is 9.80 Å². The minimum absolute atomic E-state index is 0.00720. The molecule has 0 atom stereocenters. The van der Waals surface area contributed by atoms with Crippen LogP contribution >= 0.6 is 0 Å². The van der Waals surface area contributed by atoms with Crippen molar-refractivity contribution < 1.29 is 0 Å². The molecule has 0 saturated heterocycles. The lowest BCUT2D eigenvalue weighted by Crippen LogP contribution is -2.30. The first-order valence-electron chi connectivity index (χ1n) is 29.9. The molecule has 2 heteroatoms. The van der Waals surface area contributed by atoms with Crippen molar-refractivity contribution in [2.75, 3.05) is 9.80 Å². The highest BCUT2D eigenvalue weighted by molar-refractivity contribution is 5.78. The van der Waals surface area contributed by atoms with Gasteiger partial charge in [0.05, 0.1) is 0 Å². The van der Waals surface area contributed by atoms with E-state index in [1.165, 1.54) is 254 Å². The van der Waals surface area contributed by atoms with Crippen molar-refractivity contribution in [1.82, 2.24) is 0 Å². The molecule has 376 valence electrons. The van der Waals surface area contributed by atoms with Gasteiger partial charge < -0.3 is 9.80 Å². The zero-order valence-corrected chi connectivity index (χ0v) is 44.1. The zero-order valence-electron chi connectivity index (χ0n) is 44.1. The second-order valence-corrected chi connectivity index (χ2v) is 23.5. The van der Waals surface area contributed by atoms with Gasteiger partial charge in [-0.15, -0.1) is 0 Å². The van der Waals surface area contributed by atoms with Gasteiger partial charge in [0, 0.05) is 39.5 Å². The minimum atomic E-state index is -0.00720. The van der Waals surface area contributed by atoms with Crippen LogP contribution in [0.25, 0.3) is 0 Å². The van der Waals surface area contributed by atoms with Gasteiger partial charge in [0.2, 0.25) is 0 Å². The molecule has 5 saturated carbocycles. The van der Waals surface area contributed by atoms with Gasteiger partial charge in [0.15, 0.2) is 0 Å². The zero-order chi connectivity index (χ0) is 48.4. The fourth-order valence-corrected chi connectivity index (χ4v) is 14.7. The smallest absolute Gasteiger partial charge is 0.0461 e. The molecule has 5 aliphatic rings. The van der Waals surface area contributed by atoms with Gasteiger partial charge in [0.1, 0.15) is 0 Å². The Labute approximate surface area is 436 Å². The van der Waals surface area contributed by atoms with Crippen molar-refractivity contribution in [2.45, 2.75) is 215 Å². The molecule has 6 aromatic carbocycles. The molecule has 72 heavy (non-hydrogen) atoms. The van der Waals surface area contributed by atoms with E-state index in [1.807, 2.05) is 0 Å². The first kappa shape index (κ1) is 49.1. The Morgan fingerprint density at radius 2 is 0.417 bits per heavy atom. The maximum atomic E-state index is 2.53. The summed E-state index contributed by atoms with van der Waals surface area (Å²) >= 11 is 0. The lowest BCUT2D eigenvalue weighted by atomic mass is 9.65. The van der Waals surface area contributed by atoms with Crippen molar-refractivity contribution in [3.63, 3.8) is 0 Å². The number of rotatable bonds is 12. The summed E-state index contributed by atoms with van der Waals surface area (Å²) in [5.74, 6) is 2.79. The molecule has 6 aromatic rings. The Balaban J connectivity index is 0.899. The summed E-state index contributed by atoms with van der Waals surface area (Å²) in [6, 6.07) is 58.7. The van der Waals surface area contributed by atoms with E-state index in [9.17, 15) is 0 Å². The van der Waals surface area contributed by atoms with Crippen LogP contribution in [-0.2, 0) is 5.41 Å². The molecule has 0 spiro atoms. The van der Waals surface area contributed by atoms with Gasteiger partial charge in [-0.05, 0) is 194 Å². The normalized spacial score (nSPS) is 20.2. The van der Waals surface area contributed by atoms with Gasteiger partial charge in [-0.25, -0.2) is 0 Å². The van der Waals surface area contributed by atoms with Crippen LogP contribution in [0.15, 0.2) is 146 Å². The van der Waals surface area contributed by atoms with Gasteiger partial charge in [-0.1, -0.05) is 195 Å². The fraction of sp³-hybridized carbons (Fsp3) is 0.486. The molecule has 5 aliphatic carbocycles. The average molecular weight is 955 g/mol. The number of benzene rings is 6. The fourth-order valence-electron chi connectivity index (χ4n) is 14.7. The van der Waals surface area contributed by atoms with Crippen molar-refractivity contribution >= 4 is 34.1 Å². The van der Waals surface area contributed by atoms with Crippen LogP contribution in [0.2, 0.25) is 0 Å². The molecule has 0 N–H and O–H groups in total. The standard InChI is InChI=1S/C70H86N2/c1-3-10-20-54(21-11-4-1)58-28-40-64(41-29-58)71(66-44-32-60(33-45-66)56-24-14-7-15-25-56)68-48-36-62(37-49-68)70(52-18-9-19-53-70)63-38-50-69(51-39-63)72(67-46-34-61(35-47-67)57-26-16-8-17-27-57)65-42-30-59(31-43-65)55-22-12-5-2-6-13-23-55/h28-51,54-57H,1-27,52-53H2. The van der Waals surface area contributed by atoms with E-state index in [2.05, 4.69) is 155 Å². The number of anilines is 6. The quantitative estimate of drug-likeness (QED) is 0.121. The summed E-state index contributed by atoms with van der Waals surface area (Å²) in [6.45, 7) is 0. The minimum Gasteiger partial charge on any atom is -0.311 e. The number of nitrogens with zero attached hydrogens (tertiary/aromatic N) is 2. The molecular formula is C70H86N2. The first-order chi connectivity index (χ1) is 35.7. The van der Waals surface area contributed by atoms with E-state index in [0.29, 0.717) is 23.7 Å². The summed E-state index contributed by atoms with van der Waals surface area (Å²) in [4.78, 5) is 5.05. The third-order valence-electron chi connectivity index (χ3n) is 19.0. The summed E-state index contributed by atoms with van der Waals surface area (Å²) < 4.78 is 0. The molecular weight excluding hydrogens is 869 g/mol. The number of hydrogen-bond acceptors (Lipinski definition) is 2. The molecule has 11 rings (SSSR count). The predicted octanol–water partition coefficient (Wildman–Crippen LogP) is 21.6. The van der Waals surface area contributed by atoms with Crippen LogP contribution in [0.4, 0.5) is 34.1 Å². The molecule has 0 aromatic heterocycles. The Morgan fingerprint density at radius 1 is 0.222 bits per heavy atom. The molecule has 0 amide bonds. The largest absolute Gasteiger partial charge is 0.311 e. The molecule has 0 bridgehead atoms. The van der Waals surface area contributed by atoms with E-state index >= 15 is 0 Å². The Morgan fingerprint density at radius 3 is 0.667 bits per heavy atom. The van der Waals surface area contributed by atoms with Gasteiger partial charge in [0.25, 0.3) is 0 Å².